The van der Waals surface area contributed by atoms with Crippen molar-refractivity contribution in [2.75, 3.05) is 11.6 Å². The average Bonchev–Trinajstić information content (AvgIpc) is 2.98. The summed E-state index contributed by atoms with van der Waals surface area (Å²) in [5, 5.41) is 4.74. The maximum Gasteiger partial charge on any atom is 0.416 e. The standard InChI is InChI=1S/C14H14F3N3O3S/c1-9(24(2,22)23)13(21)19-11-8-10(14(15,16)17)4-5-12(11)20-7-3-6-18-20/h3-9H,1-2H3,(H,19,21). The number of anilines is 1. The number of nitrogens with zero attached hydrogens (tertiary/aromatic N) is 2. The van der Waals surface area contributed by atoms with Gasteiger partial charge < -0.3 is 5.32 Å². The number of nitrogens with one attached hydrogen (secondary N) is 1. The van der Waals surface area contributed by atoms with Gasteiger partial charge in [-0.1, -0.05) is 0 Å². The van der Waals surface area contributed by atoms with Gasteiger partial charge >= 0.3 is 6.18 Å². The number of benzene rings is 1. The first-order chi connectivity index (χ1) is 11.0. The van der Waals surface area contributed by atoms with Gasteiger partial charge in [-0.2, -0.15) is 18.3 Å². The van der Waals surface area contributed by atoms with E-state index in [0.29, 0.717) is 0 Å². The van der Waals surface area contributed by atoms with Crippen LogP contribution >= 0.6 is 0 Å². The monoisotopic (exact) mass is 361 g/mol. The van der Waals surface area contributed by atoms with Crippen LogP contribution in [0.1, 0.15) is 12.5 Å². The van der Waals surface area contributed by atoms with Crippen LogP contribution in [0.3, 0.4) is 0 Å². The molecule has 0 spiro atoms. The summed E-state index contributed by atoms with van der Waals surface area (Å²) in [7, 11) is -3.68. The Hall–Kier alpha value is -2.36. The molecular formula is C14H14F3N3O3S. The lowest BCUT2D eigenvalue weighted by atomic mass is 10.1. The number of carbonyl (C=O) groups excluding carboxylic acids is 1. The van der Waals surface area contributed by atoms with E-state index in [9.17, 15) is 26.4 Å². The van der Waals surface area contributed by atoms with Gasteiger partial charge in [-0.25, -0.2) is 13.1 Å². The van der Waals surface area contributed by atoms with Crippen molar-refractivity contribution in [3.05, 3.63) is 42.2 Å². The SMILES string of the molecule is CC(C(=O)Nc1cc(C(F)(F)F)ccc1-n1cccn1)S(C)(=O)=O. The van der Waals surface area contributed by atoms with Crippen LogP contribution in [-0.4, -0.2) is 35.6 Å². The smallest absolute Gasteiger partial charge is 0.323 e. The molecule has 0 aliphatic heterocycles. The molecule has 2 rings (SSSR count). The third kappa shape index (κ3) is 3.94. The Morgan fingerprint density at radius 2 is 2.00 bits per heavy atom. The van der Waals surface area contributed by atoms with Crippen molar-refractivity contribution in [1.82, 2.24) is 9.78 Å². The summed E-state index contributed by atoms with van der Waals surface area (Å²) < 4.78 is 62.8. The van der Waals surface area contributed by atoms with Crippen LogP contribution in [0.4, 0.5) is 18.9 Å². The largest absolute Gasteiger partial charge is 0.416 e. The molecule has 130 valence electrons. The summed E-state index contributed by atoms with van der Waals surface area (Å²) in [5.74, 6) is -0.926. The van der Waals surface area contributed by atoms with Crippen LogP contribution in [0.25, 0.3) is 5.69 Å². The molecule has 0 radical (unpaired) electrons. The van der Waals surface area contributed by atoms with Gasteiger partial charge in [-0.05, 0) is 31.2 Å². The molecule has 1 N–H and O–H groups in total. The van der Waals surface area contributed by atoms with Crippen LogP contribution in [0, 0.1) is 0 Å². The maximum atomic E-state index is 12.9. The predicted octanol–water partition coefficient (Wildman–Crippen LogP) is 2.26. The van der Waals surface area contributed by atoms with Gasteiger partial charge in [0.05, 0.1) is 16.9 Å². The molecule has 0 saturated heterocycles. The third-order valence-corrected chi connectivity index (χ3v) is 4.84. The van der Waals surface area contributed by atoms with E-state index in [0.717, 1.165) is 31.4 Å². The van der Waals surface area contributed by atoms with Crippen molar-refractivity contribution < 1.29 is 26.4 Å². The van der Waals surface area contributed by atoms with Crippen molar-refractivity contribution in [1.29, 1.82) is 0 Å². The highest BCUT2D eigenvalue weighted by molar-refractivity contribution is 7.92. The molecule has 1 aromatic carbocycles. The number of sulfone groups is 1. The summed E-state index contributed by atoms with van der Waals surface area (Å²) in [6.07, 6.45) is -0.830. The minimum atomic E-state index is -4.61. The molecule has 2 aromatic rings. The van der Waals surface area contributed by atoms with Gasteiger partial charge in [0.15, 0.2) is 9.84 Å². The lowest BCUT2D eigenvalue weighted by Gasteiger charge is -2.16. The first kappa shape index (κ1) is 18.0. The van der Waals surface area contributed by atoms with Crippen molar-refractivity contribution >= 4 is 21.4 Å². The van der Waals surface area contributed by atoms with Gasteiger partial charge in [0.1, 0.15) is 5.25 Å². The second kappa shape index (κ2) is 6.27. The predicted molar refractivity (Wildman–Crippen MR) is 81.5 cm³/mol. The second-order valence-electron chi connectivity index (χ2n) is 5.14. The number of alkyl halides is 3. The number of amides is 1. The fourth-order valence-electron chi connectivity index (χ4n) is 1.85. The van der Waals surface area contributed by atoms with Crippen LogP contribution in [0.2, 0.25) is 0 Å². The fraction of sp³-hybridized carbons (Fsp3) is 0.286. The van der Waals surface area contributed by atoms with Gasteiger partial charge in [0, 0.05) is 18.6 Å². The normalized spacial score (nSPS) is 13.5. The Morgan fingerprint density at radius 3 is 2.50 bits per heavy atom. The quantitative estimate of drug-likeness (QED) is 0.906. The van der Waals surface area contributed by atoms with E-state index in [4.69, 9.17) is 0 Å². The molecule has 1 amide bonds. The summed E-state index contributed by atoms with van der Waals surface area (Å²) in [5.41, 5.74) is -0.975. The molecule has 1 unspecified atom stereocenters. The van der Waals surface area contributed by atoms with E-state index in [1.165, 1.54) is 17.1 Å². The first-order valence-corrected chi connectivity index (χ1v) is 8.66. The fourth-order valence-corrected chi connectivity index (χ4v) is 2.30. The van der Waals surface area contributed by atoms with E-state index in [-0.39, 0.29) is 11.4 Å². The van der Waals surface area contributed by atoms with Crippen molar-refractivity contribution in [2.24, 2.45) is 0 Å². The summed E-state index contributed by atoms with van der Waals surface area (Å²) in [6, 6.07) is 4.30. The van der Waals surface area contributed by atoms with E-state index < -0.39 is 32.7 Å². The molecule has 0 aliphatic rings. The molecule has 0 saturated carbocycles. The Labute approximate surface area is 136 Å². The van der Waals surface area contributed by atoms with Crippen molar-refractivity contribution in [2.45, 2.75) is 18.3 Å². The summed E-state index contributed by atoms with van der Waals surface area (Å²) in [6.45, 7) is 1.16. The molecule has 1 heterocycles. The van der Waals surface area contributed by atoms with Crippen LogP contribution < -0.4 is 5.32 Å². The van der Waals surface area contributed by atoms with E-state index >= 15 is 0 Å². The van der Waals surface area contributed by atoms with Crippen LogP contribution in [0.15, 0.2) is 36.7 Å². The minimum absolute atomic E-state index is 0.182. The topological polar surface area (TPSA) is 81.1 Å². The van der Waals surface area contributed by atoms with E-state index in [1.54, 1.807) is 6.07 Å². The number of aromatic nitrogens is 2. The van der Waals surface area contributed by atoms with Crippen molar-refractivity contribution in [3.63, 3.8) is 0 Å². The molecule has 10 heteroatoms. The maximum absolute atomic E-state index is 12.9. The number of rotatable bonds is 4. The van der Waals surface area contributed by atoms with Gasteiger partial charge in [0.25, 0.3) is 0 Å². The zero-order valence-corrected chi connectivity index (χ0v) is 13.5. The zero-order valence-electron chi connectivity index (χ0n) is 12.7. The molecule has 24 heavy (non-hydrogen) atoms. The molecule has 0 aliphatic carbocycles. The highest BCUT2D eigenvalue weighted by atomic mass is 32.2. The van der Waals surface area contributed by atoms with Crippen LogP contribution in [-0.2, 0) is 20.8 Å². The minimum Gasteiger partial charge on any atom is -0.323 e. The number of carbonyl (C=O) groups is 1. The van der Waals surface area contributed by atoms with E-state index in [1.807, 2.05) is 0 Å². The Bertz CT molecular complexity index is 846. The van der Waals surface area contributed by atoms with Gasteiger partial charge in [-0.3, -0.25) is 4.79 Å². The van der Waals surface area contributed by atoms with E-state index in [2.05, 4.69) is 10.4 Å². The highest BCUT2D eigenvalue weighted by Crippen LogP contribution is 2.33. The summed E-state index contributed by atoms with van der Waals surface area (Å²) >= 11 is 0. The molecular weight excluding hydrogens is 347 g/mol. The molecule has 1 atom stereocenters. The molecule has 0 fully saturated rings. The average molecular weight is 361 g/mol. The first-order valence-electron chi connectivity index (χ1n) is 6.71. The van der Waals surface area contributed by atoms with Gasteiger partial charge in [-0.15, -0.1) is 0 Å². The molecule has 1 aromatic heterocycles. The Morgan fingerprint density at radius 1 is 1.33 bits per heavy atom. The number of halogens is 3. The van der Waals surface area contributed by atoms with Crippen LogP contribution in [0.5, 0.6) is 0 Å². The third-order valence-electron chi connectivity index (χ3n) is 3.34. The lowest BCUT2D eigenvalue weighted by molar-refractivity contribution is -0.137. The Kier molecular flexibility index (Phi) is 4.70. The second-order valence-corrected chi connectivity index (χ2v) is 7.51. The number of hydrogen-bond donors (Lipinski definition) is 1. The number of hydrogen-bond acceptors (Lipinski definition) is 4. The summed E-state index contributed by atoms with van der Waals surface area (Å²) in [4.78, 5) is 12.0. The lowest BCUT2D eigenvalue weighted by Crippen LogP contribution is -2.32. The van der Waals surface area contributed by atoms with Gasteiger partial charge in [0.2, 0.25) is 5.91 Å². The zero-order chi connectivity index (χ0) is 18.1. The highest BCUT2D eigenvalue weighted by Gasteiger charge is 2.32. The molecule has 0 bridgehead atoms. The molecule has 6 nitrogen and oxygen atoms in total. The Balaban J connectivity index is 2.47. The van der Waals surface area contributed by atoms with Crippen molar-refractivity contribution in [3.8, 4) is 5.69 Å².